The van der Waals surface area contributed by atoms with Crippen molar-refractivity contribution < 1.29 is 22.7 Å². The summed E-state index contributed by atoms with van der Waals surface area (Å²) in [5.41, 5.74) is -0.620. The predicted octanol–water partition coefficient (Wildman–Crippen LogP) is 2.32. The standard InChI is InChI=1S/C13H10FNO4S/c14-11-7-6-9(13(16)17)8-12(11)15-20(18,19)10-4-2-1-3-5-10/h1-8,15H,(H,16,17). The minimum absolute atomic E-state index is 0.0415. The molecule has 2 aromatic rings. The number of sulfonamides is 1. The maximum atomic E-state index is 13.6. The molecule has 0 saturated heterocycles. The quantitative estimate of drug-likeness (QED) is 0.906. The van der Waals surface area contributed by atoms with Crippen LogP contribution in [0.1, 0.15) is 10.4 Å². The van der Waals surface area contributed by atoms with Gasteiger partial charge in [0, 0.05) is 0 Å². The van der Waals surface area contributed by atoms with Crippen LogP contribution in [0, 0.1) is 5.82 Å². The van der Waals surface area contributed by atoms with Crippen LogP contribution < -0.4 is 4.72 Å². The Morgan fingerprint density at radius 1 is 1.10 bits per heavy atom. The summed E-state index contributed by atoms with van der Waals surface area (Å²) < 4.78 is 39.6. The fraction of sp³-hybridized carbons (Fsp3) is 0. The Bertz CT molecular complexity index is 744. The summed E-state index contributed by atoms with van der Waals surface area (Å²) in [6.07, 6.45) is 0. The van der Waals surface area contributed by atoms with Crippen LogP contribution in [0.25, 0.3) is 0 Å². The molecule has 104 valence electrons. The predicted molar refractivity (Wildman–Crippen MR) is 70.6 cm³/mol. The van der Waals surface area contributed by atoms with Crippen molar-refractivity contribution in [3.63, 3.8) is 0 Å². The molecule has 0 bridgehead atoms. The van der Waals surface area contributed by atoms with Crippen molar-refractivity contribution in [1.82, 2.24) is 0 Å². The van der Waals surface area contributed by atoms with Gasteiger partial charge in [-0.05, 0) is 30.3 Å². The molecule has 0 atom stereocenters. The number of carboxylic acids is 1. The van der Waals surface area contributed by atoms with Crippen LogP contribution in [0.4, 0.5) is 10.1 Å². The van der Waals surface area contributed by atoms with E-state index in [0.29, 0.717) is 0 Å². The van der Waals surface area contributed by atoms with Gasteiger partial charge in [0.25, 0.3) is 10.0 Å². The lowest BCUT2D eigenvalue weighted by Gasteiger charge is -2.09. The molecule has 2 aromatic carbocycles. The molecule has 0 radical (unpaired) electrons. The molecule has 0 spiro atoms. The second kappa shape index (κ2) is 5.30. The highest BCUT2D eigenvalue weighted by atomic mass is 32.2. The zero-order valence-electron chi connectivity index (χ0n) is 10.1. The number of benzene rings is 2. The van der Waals surface area contributed by atoms with Crippen LogP contribution in [0.15, 0.2) is 53.4 Å². The number of aromatic carboxylic acids is 1. The molecular weight excluding hydrogens is 285 g/mol. The van der Waals surface area contributed by atoms with E-state index >= 15 is 0 Å². The Hall–Kier alpha value is -2.41. The van der Waals surface area contributed by atoms with Crippen LogP contribution >= 0.6 is 0 Å². The minimum atomic E-state index is -3.96. The first-order chi connectivity index (χ1) is 9.40. The van der Waals surface area contributed by atoms with Crippen LogP contribution in [0.3, 0.4) is 0 Å². The highest BCUT2D eigenvalue weighted by Crippen LogP contribution is 2.20. The third-order valence-electron chi connectivity index (χ3n) is 2.51. The van der Waals surface area contributed by atoms with E-state index in [2.05, 4.69) is 0 Å². The first-order valence-corrected chi connectivity index (χ1v) is 6.99. The number of hydrogen-bond acceptors (Lipinski definition) is 3. The number of carbonyl (C=O) groups is 1. The molecule has 0 fully saturated rings. The Labute approximate surface area is 114 Å². The van der Waals surface area contributed by atoms with E-state index in [9.17, 15) is 17.6 Å². The summed E-state index contributed by atoms with van der Waals surface area (Å²) in [4.78, 5) is 10.8. The third kappa shape index (κ3) is 2.94. The fourth-order valence-corrected chi connectivity index (χ4v) is 2.62. The van der Waals surface area contributed by atoms with E-state index in [0.717, 1.165) is 18.2 Å². The van der Waals surface area contributed by atoms with Crippen LogP contribution in [-0.4, -0.2) is 19.5 Å². The molecule has 0 heterocycles. The summed E-state index contributed by atoms with van der Waals surface area (Å²) in [6, 6.07) is 10.3. The molecule has 20 heavy (non-hydrogen) atoms. The first-order valence-electron chi connectivity index (χ1n) is 5.51. The summed E-state index contributed by atoms with van der Waals surface area (Å²) in [5.74, 6) is -2.13. The molecule has 7 heteroatoms. The maximum absolute atomic E-state index is 13.6. The van der Waals surface area contributed by atoms with Crippen molar-refractivity contribution in [2.75, 3.05) is 4.72 Å². The number of halogens is 1. The Morgan fingerprint density at radius 2 is 1.75 bits per heavy atom. The smallest absolute Gasteiger partial charge is 0.335 e. The fourth-order valence-electron chi connectivity index (χ4n) is 1.54. The number of carboxylic acid groups (broad SMARTS) is 1. The van der Waals surface area contributed by atoms with E-state index in [-0.39, 0.29) is 10.5 Å². The van der Waals surface area contributed by atoms with Crippen molar-refractivity contribution in [2.24, 2.45) is 0 Å². The normalized spacial score (nSPS) is 11.1. The van der Waals surface area contributed by atoms with Crippen molar-refractivity contribution in [2.45, 2.75) is 4.90 Å². The molecule has 2 N–H and O–H groups in total. The summed E-state index contributed by atoms with van der Waals surface area (Å²) in [7, 11) is -3.96. The first kappa shape index (κ1) is 14.0. The van der Waals surface area contributed by atoms with E-state index in [1.54, 1.807) is 6.07 Å². The van der Waals surface area contributed by atoms with Gasteiger partial charge in [-0.15, -0.1) is 0 Å². The van der Waals surface area contributed by atoms with Gasteiger partial charge in [-0.1, -0.05) is 18.2 Å². The Kier molecular flexibility index (Phi) is 3.71. The third-order valence-corrected chi connectivity index (χ3v) is 3.89. The Morgan fingerprint density at radius 3 is 2.35 bits per heavy atom. The van der Waals surface area contributed by atoms with E-state index < -0.39 is 27.5 Å². The molecule has 0 saturated carbocycles. The topological polar surface area (TPSA) is 83.5 Å². The van der Waals surface area contributed by atoms with Gasteiger partial charge in [0.1, 0.15) is 5.82 Å². The van der Waals surface area contributed by atoms with Gasteiger partial charge in [-0.2, -0.15) is 0 Å². The highest BCUT2D eigenvalue weighted by Gasteiger charge is 2.17. The average molecular weight is 295 g/mol. The van der Waals surface area contributed by atoms with Crippen molar-refractivity contribution in [1.29, 1.82) is 0 Å². The lowest BCUT2D eigenvalue weighted by Crippen LogP contribution is -2.14. The minimum Gasteiger partial charge on any atom is -0.478 e. The number of hydrogen-bond donors (Lipinski definition) is 2. The molecule has 0 amide bonds. The largest absolute Gasteiger partial charge is 0.478 e. The second-order valence-corrected chi connectivity index (χ2v) is 5.60. The van der Waals surface area contributed by atoms with E-state index in [4.69, 9.17) is 5.11 Å². The summed E-state index contributed by atoms with van der Waals surface area (Å²) >= 11 is 0. The van der Waals surface area contributed by atoms with Crippen molar-refractivity contribution in [3.8, 4) is 0 Å². The maximum Gasteiger partial charge on any atom is 0.335 e. The lowest BCUT2D eigenvalue weighted by atomic mass is 10.2. The van der Waals surface area contributed by atoms with Crippen LogP contribution in [0.2, 0.25) is 0 Å². The van der Waals surface area contributed by atoms with Gasteiger partial charge in [-0.3, -0.25) is 4.72 Å². The van der Waals surface area contributed by atoms with Gasteiger partial charge in [0.15, 0.2) is 0 Å². The number of rotatable bonds is 4. The Balaban J connectivity index is 2.39. The van der Waals surface area contributed by atoms with Gasteiger partial charge in [-0.25, -0.2) is 17.6 Å². The lowest BCUT2D eigenvalue weighted by molar-refractivity contribution is 0.0697. The van der Waals surface area contributed by atoms with Gasteiger partial charge < -0.3 is 5.11 Å². The summed E-state index contributed by atoms with van der Waals surface area (Å²) in [5, 5.41) is 8.82. The second-order valence-electron chi connectivity index (χ2n) is 3.92. The molecule has 2 rings (SSSR count). The zero-order valence-corrected chi connectivity index (χ0v) is 10.9. The van der Waals surface area contributed by atoms with E-state index in [1.165, 1.54) is 24.3 Å². The molecule has 0 unspecified atom stereocenters. The molecule has 0 aliphatic heterocycles. The van der Waals surface area contributed by atoms with Crippen LogP contribution in [-0.2, 0) is 10.0 Å². The molecular formula is C13H10FNO4S. The molecule has 0 aliphatic carbocycles. The van der Waals surface area contributed by atoms with Gasteiger partial charge in [0.05, 0.1) is 16.1 Å². The van der Waals surface area contributed by atoms with Crippen molar-refractivity contribution in [3.05, 3.63) is 59.9 Å². The molecule has 0 aromatic heterocycles. The molecule has 0 aliphatic rings. The van der Waals surface area contributed by atoms with E-state index in [1.807, 2.05) is 4.72 Å². The van der Waals surface area contributed by atoms with Gasteiger partial charge >= 0.3 is 5.97 Å². The number of nitrogens with one attached hydrogen (secondary N) is 1. The molecule has 5 nitrogen and oxygen atoms in total. The highest BCUT2D eigenvalue weighted by molar-refractivity contribution is 7.92. The summed E-state index contributed by atoms with van der Waals surface area (Å²) in [6.45, 7) is 0. The van der Waals surface area contributed by atoms with Crippen LogP contribution in [0.5, 0.6) is 0 Å². The monoisotopic (exact) mass is 295 g/mol. The number of anilines is 1. The zero-order chi connectivity index (χ0) is 14.8. The SMILES string of the molecule is O=C(O)c1ccc(F)c(NS(=O)(=O)c2ccccc2)c1. The average Bonchev–Trinajstić information content (AvgIpc) is 2.42. The van der Waals surface area contributed by atoms with Crippen molar-refractivity contribution >= 4 is 21.7 Å². The van der Waals surface area contributed by atoms with Gasteiger partial charge in [0.2, 0.25) is 0 Å².